The van der Waals surface area contributed by atoms with Gasteiger partial charge in [0.15, 0.2) is 0 Å². The first kappa shape index (κ1) is 17.5. The van der Waals surface area contributed by atoms with Gasteiger partial charge < -0.3 is 10.2 Å². The molecule has 1 aliphatic heterocycles. The average Bonchev–Trinajstić information content (AvgIpc) is 2.55. The molecule has 0 spiro atoms. The second kappa shape index (κ2) is 8.11. The molecule has 0 saturated carbocycles. The van der Waals surface area contributed by atoms with Crippen molar-refractivity contribution < 1.29 is 9.59 Å². The van der Waals surface area contributed by atoms with Gasteiger partial charge in [-0.1, -0.05) is 32.0 Å². The van der Waals surface area contributed by atoms with Crippen LogP contribution in [-0.4, -0.2) is 60.4 Å². The summed E-state index contributed by atoms with van der Waals surface area (Å²) in [6.07, 6.45) is 0. The predicted molar refractivity (Wildman–Crippen MR) is 91.2 cm³/mol. The van der Waals surface area contributed by atoms with Crippen LogP contribution in [0.25, 0.3) is 0 Å². The Balaban J connectivity index is 1.78. The van der Waals surface area contributed by atoms with Gasteiger partial charge in [0.2, 0.25) is 5.91 Å². The molecule has 2 amide bonds. The van der Waals surface area contributed by atoms with Crippen molar-refractivity contribution in [3.63, 3.8) is 0 Å². The van der Waals surface area contributed by atoms with Crippen molar-refractivity contribution in [2.75, 3.05) is 32.7 Å². The maximum atomic E-state index is 12.4. The Hall–Kier alpha value is -1.88. The molecule has 1 saturated heterocycles. The molecule has 23 heavy (non-hydrogen) atoms. The predicted octanol–water partition coefficient (Wildman–Crippen LogP) is 1.61. The second-order valence-electron chi connectivity index (χ2n) is 6.53. The van der Waals surface area contributed by atoms with Crippen LogP contribution in [0.3, 0.4) is 0 Å². The Labute approximate surface area is 138 Å². The van der Waals surface area contributed by atoms with E-state index in [4.69, 9.17) is 0 Å². The Morgan fingerprint density at radius 1 is 1.04 bits per heavy atom. The fourth-order valence-electron chi connectivity index (χ4n) is 2.54. The highest BCUT2D eigenvalue weighted by Gasteiger charge is 2.23. The molecule has 1 atom stereocenters. The number of piperazine rings is 1. The van der Waals surface area contributed by atoms with Crippen molar-refractivity contribution in [2.24, 2.45) is 5.92 Å². The number of nitrogens with zero attached hydrogens (tertiary/aromatic N) is 2. The Bertz CT molecular complexity index is 522. The highest BCUT2D eigenvalue weighted by atomic mass is 16.2. The summed E-state index contributed by atoms with van der Waals surface area (Å²) in [6, 6.07) is 9.53. The molecule has 1 aliphatic rings. The summed E-state index contributed by atoms with van der Waals surface area (Å²) in [5, 5.41) is 3.03. The van der Waals surface area contributed by atoms with E-state index in [0.29, 0.717) is 25.6 Å². The molecule has 0 aromatic heterocycles. The first-order chi connectivity index (χ1) is 11.0. The molecule has 0 radical (unpaired) electrons. The summed E-state index contributed by atoms with van der Waals surface area (Å²) in [4.78, 5) is 28.4. The van der Waals surface area contributed by atoms with Crippen molar-refractivity contribution in [1.29, 1.82) is 0 Å². The molecule has 0 unspecified atom stereocenters. The van der Waals surface area contributed by atoms with E-state index in [1.807, 2.05) is 42.2 Å². The van der Waals surface area contributed by atoms with Gasteiger partial charge in [-0.15, -0.1) is 0 Å². The number of carbonyl (C=O) groups is 2. The van der Waals surface area contributed by atoms with Crippen LogP contribution in [-0.2, 0) is 4.79 Å². The lowest BCUT2D eigenvalue weighted by Gasteiger charge is -2.34. The number of amides is 2. The number of rotatable bonds is 5. The molecule has 5 heteroatoms. The summed E-state index contributed by atoms with van der Waals surface area (Å²) in [7, 11) is 0. The monoisotopic (exact) mass is 317 g/mol. The Morgan fingerprint density at radius 2 is 1.65 bits per heavy atom. The van der Waals surface area contributed by atoms with E-state index in [1.165, 1.54) is 0 Å². The number of hydrogen-bond donors (Lipinski definition) is 1. The normalized spacial score (nSPS) is 17.1. The first-order valence-electron chi connectivity index (χ1n) is 8.33. The van der Waals surface area contributed by atoms with Gasteiger partial charge in [-0.05, 0) is 25.0 Å². The van der Waals surface area contributed by atoms with E-state index in [1.54, 1.807) is 0 Å². The summed E-state index contributed by atoms with van der Waals surface area (Å²) in [6.45, 7) is 9.44. The molecule has 5 nitrogen and oxygen atoms in total. The van der Waals surface area contributed by atoms with Crippen LogP contribution in [0.15, 0.2) is 30.3 Å². The summed E-state index contributed by atoms with van der Waals surface area (Å²) in [5.74, 6) is 0.566. The van der Waals surface area contributed by atoms with E-state index < -0.39 is 0 Å². The van der Waals surface area contributed by atoms with E-state index in [2.05, 4.69) is 24.1 Å². The summed E-state index contributed by atoms with van der Waals surface area (Å²) >= 11 is 0. The van der Waals surface area contributed by atoms with E-state index in [0.717, 1.165) is 18.7 Å². The second-order valence-corrected chi connectivity index (χ2v) is 6.53. The molecule has 1 heterocycles. The minimum atomic E-state index is 0.0639. The highest BCUT2D eigenvalue weighted by Crippen LogP contribution is 2.08. The number of nitrogens with one attached hydrogen (secondary N) is 1. The lowest BCUT2D eigenvalue weighted by atomic mass is 10.1. The van der Waals surface area contributed by atoms with E-state index in [9.17, 15) is 9.59 Å². The van der Waals surface area contributed by atoms with Crippen molar-refractivity contribution in [3.8, 4) is 0 Å². The molecule has 126 valence electrons. The molecule has 1 fully saturated rings. The van der Waals surface area contributed by atoms with Crippen LogP contribution in [0.1, 0.15) is 31.1 Å². The number of hydrogen-bond acceptors (Lipinski definition) is 3. The first-order valence-corrected chi connectivity index (χ1v) is 8.33. The Kier molecular flexibility index (Phi) is 6.16. The van der Waals surface area contributed by atoms with E-state index >= 15 is 0 Å². The minimum absolute atomic E-state index is 0.0639. The number of carbonyl (C=O) groups excluding carboxylic acids is 2. The third-order valence-electron chi connectivity index (χ3n) is 4.44. The molecule has 0 bridgehead atoms. The van der Waals surface area contributed by atoms with E-state index in [-0.39, 0.29) is 17.9 Å². The summed E-state index contributed by atoms with van der Waals surface area (Å²) in [5.41, 5.74) is 0.726. The highest BCUT2D eigenvalue weighted by molar-refractivity contribution is 5.94. The van der Waals surface area contributed by atoms with Gasteiger partial charge in [-0.2, -0.15) is 0 Å². The van der Waals surface area contributed by atoms with Crippen LogP contribution in [0, 0.1) is 5.92 Å². The number of benzene rings is 1. The standard InChI is InChI=1S/C18H27N3O2/c1-14(2)15(3)19-17(22)13-20-9-11-21(12-10-20)18(23)16-7-5-4-6-8-16/h4-8,14-15H,9-13H2,1-3H3,(H,19,22)/t15-/m0/s1. The van der Waals surface area contributed by atoms with Crippen molar-refractivity contribution in [1.82, 2.24) is 15.1 Å². The Morgan fingerprint density at radius 3 is 2.22 bits per heavy atom. The third kappa shape index (κ3) is 5.06. The fourth-order valence-corrected chi connectivity index (χ4v) is 2.54. The molecule has 0 aliphatic carbocycles. The van der Waals surface area contributed by atoms with Gasteiger partial charge in [0.25, 0.3) is 5.91 Å². The van der Waals surface area contributed by atoms with Crippen molar-refractivity contribution >= 4 is 11.8 Å². The molecule has 1 N–H and O–H groups in total. The maximum absolute atomic E-state index is 12.4. The molecule has 1 aromatic carbocycles. The van der Waals surface area contributed by atoms with Gasteiger partial charge in [-0.3, -0.25) is 14.5 Å². The average molecular weight is 317 g/mol. The lowest BCUT2D eigenvalue weighted by Crippen LogP contribution is -2.52. The zero-order valence-corrected chi connectivity index (χ0v) is 14.3. The van der Waals surface area contributed by atoms with Crippen LogP contribution in [0.5, 0.6) is 0 Å². The molecular formula is C18H27N3O2. The van der Waals surface area contributed by atoms with Crippen LogP contribution in [0.2, 0.25) is 0 Å². The van der Waals surface area contributed by atoms with Crippen LogP contribution in [0.4, 0.5) is 0 Å². The molecular weight excluding hydrogens is 290 g/mol. The van der Waals surface area contributed by atoms with Gasteiger partial charge in [0, 0.05) is 37.8 Å². The zero-order chi connectivity index (χ0) is 16.8. The van der Waals surface area contributed by atoms with Gasteiger partial charge >= 0.3 is 0 Å². The van der Waals surface area contributed by atoms with Gasteiger partial charge in [0.05, 0.1) is 6.54 Å². The lowest BCUT2D eigenvalue weighted by molar-refractivity contribution is -0.123. The minimum Gasteiger partial charge on any atom is -0.352 e. The fraction of sp³-hybridized carbons (Fsp3) is 0.556. The zero-order valence-electron chi connectivity index (χ0n) is 14.3. The third-order valence-corrected chi connectivity index (χ3v) is 4.44. The van der Waals surface area contributed by atoms with Crippen molar-refractivity contribution in [2.45, 2.75) is 26.8 Å². The smallest absolute Gasteiger partial charge is 0.253 e. The largest absolute Gasteiger partial charge is 0.352 e. The molecule has 1 aromatic rings. The topological polar surface area (TPSA) is 52.7 Å². The van der Waals surface area contributed by atoms with Gasteiger partial charge in [0.1, 0.15) is 0 Å². The SMILES string of the molecule is CC(C)[C@H](C)NC(=O)CN1CCN(C(=O)c2ccccc2)CC1. The maximum Gasteiger partial charge on any atom is 0.253 e. The summed E-state index contributed by atoms with van der Waals surface area (Å²) < 4.78 is 0. The van der Waals surface area contributed by atoms with Crippen LogP contribution < -0.4 is 5.32 Å². The van der Waals surface area contributed by atoms with Gasteiger partial charge in [-0.25, -0.2) is 0 Å². The van der Waals surface area contributed by atoms with Crippen molar-refractivity contribution in [3.05, 3.63) is 35.9 Å². The molecule has 2 rings (SSSR count). The van der Waals surface area contributed by atoms with Crippen LogP contribution >= 0.6 is 0 Å². The quantitative estimate of drug-likeness (QED) is 0.897.